The van der Waals surface area contributed by atoms with Crippen molar-refractivity contribution in [2.75, 3.05) is 0 Å². The van der Waals surface area contributed by atoms with Gasteiger partial charge in [0.25, 0.3) is 5.91 Å². The molecule has 0 unspecified atom stereocenters. The van der Waals surface area contributed by atoms with Crippen molar-refractivity contribution in [3.05, 3.63) is 24.0 Å². The Kier molecular flexibility index (Phi) is 3.93. The summed E-state index contributed by atoms with van der Waals surface area (Å²) in [6.45, 7) is 6.03. The van der Waals surface area contributed by atoms with E-state index in [1.165, 1.54) is 0 Å². The molecule has 94 valence electrons. The van der Waals surface area contributed by atoms with E-state index in [1.807, 2.05) is 17.7 Å². The van der Waals surface area contributed by atoms with Crippen LogP contribution in [-0.2, 0) is 11.3 Å². The van der Waals surface area contributed by atoms with Crippen molar-refractivity contribution in [2.45, 2.75) is 39.3 Å². The maximum absolute atomic E-state index is 12.0. The molecule has 0 fully saturated rings. The molecule has 0 atom stereocenters. The number of aliphatic carboxylic acids is 1. The molecule has 1 rings (SSSR count). The highest BCUT2D eigenvalue weighted by Crippen LogP contribution is 2.10. The lowest BCUT2D eigenvalue weighted by Gasteiger charge is -2.24. The third-order valence-corrected chi connectivity index (χ3v) is 2.45. The van der Waals surface area contributed by atoms with Gasteiger partial charge in [-0.3, -0.25) is 9.59 Å². The minimum absolute atomic E-state index is 0.106. The van der Waals surface area contributed by atoms with Crippen LogP contribution < -0.4 is 5.32 Å². The van der Waals surface area contributed by atoms with E-state index in [1.54, 1.807) is 26.0 Å². The summed E-state index contributed by atoms with van der Waals surface area (Å²) in [5.41, 5.74) is -0.211. The topological polar surface area (TPSA) is 71.3 Å². The van der Waals surface area contributed by atoms with E-state index in [-0.39, 0.29) is 12.3 Å². The van der Waals surface area contributed by atoms with Crippen LogP contribution in [0.25, 0.3) is 0 Å². The monoisotopic (exact) mass is 238 g/mol. The molecule has 0 aliphatic heterocycles. The van der Waals surface area contributed by atoms with Gasteiger partial charge >= 0.3 is 5.97 Å². The van der Waals surface area contributed by atoms with Crippen molar-refractivity contribution < 1.29 is 14.7 Å². The van der Waals surface area contributed by atoms with Gasteiger partial charge in [0.2, 0.25) is 0 Å². The van der Waals surface area contributed by atoms with E-state index in [2.05, 4.69) is 5.32 Å². The van der Waals surface area contributed by atoms with Crippen LogP contribution in [0.4, 0.5) is 0 Å². The first-order valence-electron chi connectivity index (χ1n) is 5.55. The maximum atomic E-state index is 12.0. The first-order chi connectivity index (χ1) is 7.85. The van der Waals surface area contributed by atoms with Gasteiger partial charge in [-0.1, -0.05) is 0 Å². The Bertz CT molecular complexity index is 421. The largest absolute Gasteiger partial charge is 0.481 e. The van der Waals surface area contributed by atoms with Crippen LogP contribution in [0.1, 0.15) is 37.7 Å². The fraction of sp³-hybridized carbons (Fsp3) is 0.500. The average molecular weight is 238 g/mol. The van der Waals surface area contributed by atoms with Gasteiger partial charge in [0, 0.05) is 18.3 Å². The molecule has 0 saturated carbocycles. The summed E-state index contributed by atoms with van der Waals surface area (Å²) in [4.78, 5) is 22.6. The summed E-state index contributed by atoms with van der Waals surface area (Å²) < 4.78 is 1.81. The molecule has 0 saturated heterocycles. The van der Waals surface area contributed by atoms with Gasteiger partial charge in [0.15, 0.2) is 0 Å². The van der Waals surface area contributed by atoms with Crippen LogP contribution in [0.2, 0.25) is 0 Å². The molecule has 1 aromatic heterocycles. The molecule has 1 aromatic rings. The lowest BCUT2D eigenvalue weighted by Crippen LogP contribution is -2.45. The number of hydrogen-bond donors (Lipinski definition) is 2. The van der Waals surface area contributed by atoms with Crippen LogP contribution in [0, 0.1) is 0 Å². The Hall–Kier alpha value is -1.78. The SMILES string of the molecule is CCn1cccc1C(=O)NC(C)(C)CC(=O)O. The zero-order valence-electron chi connectivity index (χ0n) is 10.4. The van der Waals surface area contributed by atoms with E-state index in [0.29, 0.717) is 12.2 Å². The molecule has 0 bridgehead atoms. The van der Waals surface area contributed by atoms with Gasteiger partial charge in [0.1, 0.15) is 5.69 Å². The third-order valence-electron chi connectivity index (χ3n) is 2.45. The Balaban J connectivity index is 2.75. The number of carboxylic acid groups (broad SMARTS) is 1. The van der Waals surface area contributed by atoms with E-state index < -0.39 is 11.5 Å². The molecular weight excluding hydrogens is 220 g/mol. The number of carbonyl (C=O) groups excluding carboxylic acids is 1. The summed E-state index contributed by atoms with van der Waals surface area (Å²) >= 11 is 0. The molecule has 1 heterocycles. The van der Waals surface area contributed by atoms with Gasteiger partial charge in [-0.25, -0.2) is 0 Å². The first kappa shape index (κ1) is 13.3. The second kappa shape index (κ2) is 5.03. The number of aromatic nitrogens is 1. The number of nitrogens with zero attached hydrogens (tertiary/aromatic N) is 1. The highest BCUT2D eigenvalue weighted by molar-refractivity contribution is 5.93. The van der Waals surface area contributed by atoms with Crippen molar-refractivity contribution in [1.82, 2.24) is 9.88 Å². The van der Waals surface area contributed by atoms with Crippen molar-refractivity contribution >= 4 is 11.9 Å². The molecule has 0 spiro atoms. The summed E-state index contributed by atoms with van der Waals surface area (Å²) in [6, 6.07) is 3.51. The van der Waals surface area contributed by atoms with Gasteiger partial charge in [-0.15, -0.1) is 0 Å². The lowest BCUT2D eigenvalue weighted by molar-refractivity contribution is -0.138. The highest BCUT2D eigenvalue weighted by Gasteiger charge is 2.25. The fourth-order valence-electron chi connectivity index (χ4n) is 1.69. The van der Waals surface area contributed by atoms with Crippen molar-refractivity contribution in [3.8, 4) is 0 Å². The summed E-state index contributed by atoms with van der Waals surface area (Å²) in [5, 5.41) is 11.5. The maximum Gasteiger partial charge on any atom is 0.305 e. The summed E-state index contributed by atoms with van der Waals surface area (Å²) in [7, 11) is 0. The number of rotatable bonds is 5. The fourth-order valence-corrected chi connectivity index (χ4v) is 1.69. The van der Waals surface area contributed by atoms with Crippen LogP contribution in [-0.4, -0.2) is 27.1 Å². The second-order valence-corrected chi connectivity index (χ2v) is 4.59. The number of hydrogen-bond acceptors (Lipinski definition) is 2. The molecule has 5 nitrogen and oxygen atoms in total. The van der Waals surface area contributed by atoms with E-state index in [9.17, 15) is 9.59 Å². The normalized spacial score (nSPS) is 11.2. The molecule has 5 heteroatoms. The van der Waals surface area contributed by atoms with E-state index >= 15 is 0 Å². The van der Waals surface area contributed by atoms with E-state index in [0.717, 1.165) is 0 Å². The Morgan fingerprint density at radius 1 is 1.47 bits per heavy atom. The first-order valence-corrected chi connectivity index (χ1v) is 5.55. The molecule has 0 radical (unpaired) electrons. The number of amides is 1. The highest BCUT2D eigenvalue weighted by atomic mass is 16.4. The van der Waals surface area contributed by atoms with Gasteiger partial charge in [-0.2, -0.15) is 0 Å². The van der Waals surface area contributed by atoms with Gasteiger partial charge < -0.3 is 15.0 Å². The van der Waals surface area contributed by atoms with Crippen molar-refractivity contribution in [3.63, 3.8) is 0 Å². The van der Waals surface area contributed by atoms with Crippen LogP contribution in [0.3, 0.4) is 0 Å². The lowest BCUT2D eigenvalue weighted by atomic mass is 10.0. The Morgan fingerprint density at radius 3 is 2.65 bits per heavy atom. The Morgan fingerprint density at radius 2 is 2.12 bits per heavy atom. The summed E-state index contributed by atoms with van der Waals surface area (Å²) in [5.74, 6) is -1.18. The van der Waals surface area contributed by atoms with Crippen LogP contribution >= 0.6 is 0 Å². The zero-order valence-corrected chi connectivity index (χ0v) is 10.4. The molecule has 2 N–H and O–H groups in total. The molecule has 17 heavy (non-hydrogen) atoms. The standard InChI is InChI=1S/C12H18N2O3/c1-4-14-7-5-6-9(14)11(17)13-12(2,3)8-10(15)16/h5-7H,4,8H2,1-3H3,(H,13,17)(H,15,16). The van der Waals surface area contributed by atoms with Gasteiger partial charge in [0.05, 0.1) is 6.42 Å². The third kappa shape index (κ3) is 3.62. The molecule has 1 amide bonds. The smallest absolute Gasteiger partial charge is 0.305 e. The molecule has 0 aliphatic rings. The number of nitrogens with one attached hydrogen (secondary N) is 1. The van der Waals surface area contributed by atoms with Crippen LogP contribution in [0.15, 0.2) is 18.3 Å². The van der Waals surface area contributed by atoms with Gasteiger partial charge in [-0.05, 0) is 32.9 Å². The molecular formula is C12H18N2O3. The predicted molar refractivity (Wildman–Crippen MR) is 63.9 cm³/mol. The quantitative estimate of drug-likeness (QED) is 0.816. The number of carboxylic acids is 1. The zero-order chi connectivity index (χ0) is 13.1. The predicted octanol–water partition coefficient (Wildman–Crippen LogP) is 1.49. The number of aryl methyl sites for hydroxylation is 1. The molecule has 0 aromatic carbocycles. The van der Waals surface area contributed by atoms with Crippen molar-refractivity contribution in [1.29, 1.82) is 0 Å². The van der Waals surface area contributed by atoms with E-state index in [4.69, 9.17) is 5.11 Å². The second-order valence-electron chi connectivity index (χ2n) is 4.59. The average Bonchev–Trinajstić information content (AvgIpc) is 2.61. The minimum Gasteiger partial charge on any atom is -0.481 e. The number of carbonyl (C=O) groups is 2. The van der Waals surface area contributed by atoms with Crippen LogP contribution in [0.5, 0.6) is 0 Å². The molecule has 0 aliphatic carbocycles. The Labute approximate surface area is 100 Å². The minimum atomic E-state index is -0.929. The van der Waals surface area contributed by atoms with Crippen molar-refractivity contribution in [2.24, 2.45) is 0 Å². The summed E-state index contributed by atoms with van der Waals surface area (Å²) in [6.07, 6.45) is 1.71.